The number of amides is 1. The Hall–Kier alpha value is -0.570. The van der Waals surface area contributed by atoms with E-state index in [1.807, 2.05) is 0 Å². The van der Waals surface area contributed by atoms with Gasteiger partial charge in [0.1, 0.15) is 6.61 Å². The van der Waals surface area contributed by atoms with Crippen molar-refractivity contribution < 1.29 is 15.0 Å². The Morgan fingerprint density at radius 3 is 3.18 bits per heavy atom. The second-order valence-corrected chi connectivity index (χ2v) is 2.33. The van der Waals surface area contributed by atoms with E-state index in [0.29, 0.717) is 0 Å². The zero-order chi connectivity index (χ0) is 11.6. The molecule has 2 N–H and O–H groups in total. The smallest absolute Gasteiger partial charge is 0.243 e. The standard InChI is InChI=1S/C8H15NO2/c9-8(10)6-11-7-4-2-1-3-5-7/h7H,1-6H2,(H2,9,10)/i1D,2D,4D,5D. The largest absolute Gasteiger partial charge is 0.368 e. The molecule has 11 heavy (non-hydrogen) atoms. The molecular formula is C8H15NO2. The Balaban J connectivity index is 2.57. The summed E-state index contributed by atoms with van der Waals surface area (Å²) in [6.07, 6.45) is -3.87. The fraction of sp³-hybridized carbons (Fsp3) is 0.875. The van der Waals surface area contributed by atoms with Crippen molar-refractivity contribution in [3.63, 3.8) is 0 Å². The summed E-state index contributed by atoms with van der Waals surface area (Å²) in [5, 5.41) is 0. The van der Waals surface area contributed by atoms with E-state index in [0.717, 1.165) is 0 Å². The summed E-state index contributed by atoms with van der Waals surface area (Å²) in [6.45, 7) is -0.329. The summed E-state index contributed by atoms with van der Waals surface area (Å²) in [5.74, 6) is -0.649. The van der Waals surface area contributed by atoms with Gasteiger partial charge >= 0.3 is 0 Å². The third kappa shape index (κ3) is 3.37. The molecule has 1 fully saturated rings. The van der Waals surface area contributed by atoms with Crippen molar-refractivity contribution in [1.29, 1.82) is 0 Å². The van der Waals surface area contributed by atoms with Crippen molar-refractivity contribution in [3.05, 3.63) is 0 Å². The van der Waals surface area contributed by atoms with Crippen LogP contribution >= 0.6 is 0 Å². The van der Waals surface area contributed by atoms with E-state index in [1.54, 1.807) is 0 Å². The van der Waals surface area contributed by atoms with Gasteiger partial charge < -0.3 is 10.5 Å². The van der Waals surface area contributed by atoms with Gasteiger partial charge in [-0.05, 0) is 12.8 Å². The zero-order valence-corrected chi connectivity index (χ0v) is 6.19. The van der Waals surface area contributed by atoms with E-state index in [2.05, 4.69) is 0 Å². The molecule has 0 radical (unpaired) electrons. The summed E-state index contributed by atoms with van der Waals surface area (Å²) in [6, 6.07) is 0. The lowest BCUT2D eigenvalue weighted by atomic mass is 9.98. The van der Waals surface area contributed by atoms with Gasteiger partial charge in [0.15, 0.2) is 0 Å². The molecule has 5 unspecified atom stereocenters. The third-order valence-corrected chi connectivity index (χ3v) is 1.36. The summed E-state index contributed by atoms with van der Waals surface area (Å²) in [7, 11) is 0. The number of ether oxygens (including phenoxy) is 1. The maximum Gasteiger partial charge on any atom is 0.243 e. The van der Waals surface area contributed by atoms with Crippen LogP contribution < -0.4 is 5.73 Å². The highest BCUT2D eigenvalue weighted by Crippen LogP contribution is 2.19. The van der Waals surface area contributed by atoms with Gasteiger partial charge in [-0.25, -0.2) is 0 Å². The third-order valence-electron chi connectivity index (χ3n) is 1.36. The Morgan fingerprint density at radius 1 is 1.64 bits per heavy atom. The van der Waals surface area contributed by atoms with Gasteiger partial charge in [0.25, 0.3) is 0 Å². The summed E-state index contributed by atoms with van der Waals surface area (Å²) >= 11 is 0. The van der Waals surface area contributed by atoms with E-state index >= 15 is 0 Å². The number of rotatable bonds is 3. The highest BCUT2D eigenvalue weighted by atomic mass is 16.5. The van der Waals surface area contributed by atoms with Gasteiger partial charge in [0.2, 0.25) is 5.91 Å². The second-order valence-electron chi connectivity index (χ2n) is 2.33. The van der Waals surface area contributed by atoms with Crippen molar-refractivity contribution in [2.75, 3.05) is 6.61 Å². The molecular weight excluding hydrogens is 142 g/mol. The van der Waals surface area contributed by atoms with Gasteiger partial charge in [-0.15, -0.1) is 0 Å². The molecule has 5 atom stereocenters. The van der Waals surface area contributed by atoms with Crippen LogP contribution in [0.1, 0.15) is 37.5 Å². The number of hydrogen-bond donors (Lipinski definition) is 1. The highest BCUT2D eigenvalue weighted by Gasteiger charge is 2.13. The second kappa shape index (κ2) is 4.34. The molecule has 1 amide bonds. The molecule has 64 valence electrons. The van der Waals surface area contributed by atoms with Gasteiger partial charge in [-0.2, -0.15) is 0 Å². The molecule has 1 aliphatic carbocycles. The van der Waals surface area contributed by atoms with E-state index in [9.17, 15) is 4.79 Å². The molecule has 0 bridgehead atoms. The summed E-state index contributed by atoms with van der Waals surface area (Å²) < 4.78 is 35.3. The fourth-order valence-electron chi connectivity index (χ4n) is 0.860. The van der Waals surface area contributed by atoms with E-state index < -0.39 is 37.6 Å². The van der Waals surface area contributed by atoms with Crippen molar-refractivity contribution >= 4 is 5.91 Å². The first-order chi connectivity index (χ1) is 6.93. The van der Waals surface area contributed by atoms with Crippen LogP contribution in [0.2, 0.25) is 0 Å². The lowest BCUT2D eigenvalue weighted by Gasteiger charge is -2.20. The molecule has 0 saturated heterocycles. The van der Waals surface area contributed by atoms with E-state index in [1.165, 1.54) is 0 Å². The zero-order valence-electron chi connectivity index (χ0n) is 10.2. The molecule has 1 rings (SSSR count). The summed E-state index contributed by atoms with van der Waals surface area (Å²) in [4.78, 5) is 10.5. The quantitative estimate of drug-likeness (QED) is 0.666. The van der Waals surface area contributed by atoms with Crippen molar-refractivity contribution in [1.82, 2.24) is 0 Å². The average molecular weight is 161 g/mol. The molecule has 0 aromatic heterocycles. The van der Waals surface area contributed by atoms with Gasteiger partial charge in [-0.3, -0.25) is 4.79 Å². The van der Waals surface area contributed by atoms with Crippen LogP contribution in [0.25, 0.3) is 0 Å². The monoisotopic (exact) mass is 161 g/mol. The van der Waals surface area contributed by atoms with Gasteiger partial charge in [-0.1, -0.05) is 19.2 Å². The van der Waals surface area contributed by atoms with Crippen LogP contribution in [0.3, 0.4) is 0 Å². The summed E-state index contributed by atoms with van der Waals surface area (Å²) in [5.41, 5.74) is 4.89. The average Bonchev–Trinajstić information content (AvgIpc) is 2.14. The first-order valence-electron chi connectivity index (χ1n) is 5.83. The van der Waals surface area contributed by atoms with Crippen LogP contribution in [0.4, 0.5) is 0 Å². The Labute approximate surface area is 72.5 Å². The molecule has 0 aromatic carbocycles. The molecule has 1 saturated carbocycles. The maximum absolute atomic E-state index is 10.5. The maximum atomic E-state index is 10.5. The minimum Gasteiger partial charge on any atom is -0.368 e. The first kappa shape index (κ1) is 4.45. The number of hydrogen-bond acceptors (Lipinski definition) is 2. The fourth-order valence-corrected chi connectivity index (χ4v) is 0.860. The topological polar surface area (TPSA) is 52.3 Å². The van der Waals surface area contributed by atoms with Crippen LogP contribution in [0, 0.1) is 0 Å². The van der Waals surface area contributed by atoms with Crippen LogP contribution in [0.15, 0.2) is 0 Å². The molecule has 3 nitrogen and oxygen atoms in total. The molecule has 0 aromatic rings. The number of carbonyl (C=O) groups excluding carboxylic acids is 1. The van der Waals surface area contributed by atoms with Gasteiger partial charge in [0.05, 0.1) is 6.10 Å². The predicted molar refractivity (Wildman–Crippen MR) is 42.0 cm³/mol. The molecule has 0 aliphatic heterocycles. The molecule has 0 heterocycles. The SMILES string of the molecule is [2H]C1CC([2H])C(OCC(N)=O)C([2H])C1[2H]. The minimum absolute atomic E-state index is 0.201. The van der Waals surface area contributed by atoms with E-state index in [4.69, 9.17) is 16.0 Å². The van der Waals surface area contributed by atoms with Gasteiger partial charge in [0, 0.05) is 5.48 Å². The van der Waals surface area contributed by atoms with Crippen molar-refractivity contribution in [2.24, 2.45) is 5.73 Å². The number of primary amides is 1. The number of nitrogens with two attached hydrogens (primary N) is 1. The lowest BCUT2D eigenvalue weighted by Crippen LogP contribution is -2.24. The predicted octanol–water partition coefficient (Wildman–Crippen LogP) is 0.821. The Bertz CT molecular complexity index is 241. The van der Waals surface area contributed by atoms with Crippen molar-refractivity contribution in [3.8, 4) is 0 Å². The minimum atomic E-state index is -0.955. The van der Waals surface area contributed by atoms with Crippen LogP contribution in [0.5, 0.6) is 0 Å². The highest BCUT2D eigenvalue weighted by molar-refractivity contribution is 5.74. The molecule has 1 aliphatic rings. The molecule has 3 heteroatoms. The van der Waals surface area contributed by atoms with E-state index in [-0.39, 0.29) is 13.0 Å². The first-order valence-corrected chi connectivity index (χ1v) is 3.52. The Kier molecular flexibility index (Phi) is 1.76. The van der Waals surface area contributed by atoms with Crippen LogP contribution in [-0.4, -0.2) is 18.6 Å². The van der Waals surface area contributed by atoms with Crippen molar-refractivity contribution in [2.45, 2.75) is 38.1 Å². The normalized spacial score (nSPS) is 56.9. The Morgan fingerprint density at radius 2 is 2.45 bits per heavy atom. The number of carbonyl (C=O) groups is 1. The van der Waals surface area contributed by atoms with Crippen LogP contribution in [-0.2, 0) is 9.53 Å². The molecule has 0 spiro atoms. The lowest BCUT2D eigenvalue weighted by molar-refractivity contribution is -0.125.